The molecule has 1 aliphatic rings. The molecule has 5 atom stereocenters. The molecule has 0 bridgehead atoms. The Bertz CT molecular complexity index is 1260. The number of alkyl halides is 9. The molecule has 0 aromatic heterocycles. The second-order valence-electron chi connectivity index (χ2n) is 9.96. The van der Waals surface area contributed by atoms with Crippen LogP contribution in [0.2, 0.25) is 0 Å². The molecule has 0 N–H and O–H groups in total. The number of halogens is 9. The summed E-state index contributed by atoms with van der Waals surface area (Å²) in [6, 6.07) is 4.64. The first-order chi connectivity index (χ1) is 21.5. The summed E-state index contributed by atoms with van der Waals surface area (Å²) in [6.45, 7) is 2.75. The zero-order valence-corrected chi connectivity index (χ0v) is 24.9. The minimum atomic E-state index is -6.99. The van der Waals surface area contributed by atoms with Gasteiger partial charge in [-0.25, -0.2) is 0 Å². The zero-order valence-electron chi connectivity index (χ0n) is 24.9. The summed E-state index contributed by atoms with van der Waals surface area (Å²) < 4.78 is 154. The van der Waals surface area contributed by atoms with Gasteiger partial charge in [0.1, 0.15) is 24.2 Å². The molecule has 1 fully saturated rings. The van der Waals surface area contributed by atoms with Crippen molar-refractivity contribution in [1.82, 2.24) is 0 Å². The van der Waals surface area contributed by atoms with Crippen molar-refractivity contribution < 1.29 is 91.8 Å². The summed E-state index contributed by atoms with van der Waals surface area (Å²) in [5, 5.41) is 0. The number of hydrogen-bond acceptors (Lipinski definition) is 11. The summed E-state index contributed by atoms with van der Waals surface area (Å²) in [5.41, 5.74) is 0. The van der Waals surface area contributed by atoms with Gasteiger partial charge in [0, 0.05) is 34.1 Å². The Kier molecular flexibility index (Phi) is 12.8. The van der Waals surface area contributed by atoms with E-state index < -0.39 is 105 Å². The van der Waals surface area contributed by atoms with E-state index in [-0.39, 0.29) is 11.5 Å². The van der Waals surface area contributed by atoms with Crippen LogP contribution in [0.25, 0.3) is 0 Å². The fraction of sp³-hybridized carbons (Fsp3) is 0.630. The molecule has 266 valence electrons. The lowest BCUT2D eigenvalue weighted by atomic mass is 9.98. The van der Waals surface area contributed by atoms with Crippen LogP contribution >= 0.6 is 0 Å². The van der Waals surface area contributed by atoms with Crippen molar-refractivity contribution in [2.45, 2.75) is 95.2 Å². The number of carbonyl (C=O) groups excluding carboxylic acids is 4. The third kappa shape index (κ3) is 10.0. The van der Waals surface area contributed by atoms with E-state index in [1.165, 1.54) is 12.1 Å². The molecule has 0 saturated carbocycles. The van der Waals surface area contributed by atoms with Crippen LogP contribution in [0.3, 0.4) is 0 Å². The van der Waals surface area contributed by atoms with Crippen LogP contribution in [0.15, 0.2) is 24.3 Å². The molecule has 47 heavy (non-hydrogen) atoms. The van der Waals surface area contributed by atoms with E-state index in [4.69, 9.17) is 33.2 Å². The molecule has 2 rings (SSSR count). The second kappa shape index (κ2) is 15.3. The van der Waals surface area contributed by atoms with Gasteiger partial charge in [0.2, 0.25) is 12.4 Å². The Morgan fingerprint density at radius 1 is 0.681 bits per heavy atom. The molecule has 0 radical (unpaired) electrons. The van der Waals surface area contributed by atoms with E-state index in [2.05, 4.69) is 0 Å². The van der Waals surface area contributed by atoms with Gasteiger partial charge in [-0.15, -0.1) is 0 Å². The van der Waals surface area contributed by atoms with Gasteiger partial charge >= 0.3 is 47.8 Å². The molecule has 1 aromatic rings. The van der Waals surface area contributed by atoms with Gasteiger partial charge in [-0.05, 0) is 30.7 Å². The lowest BCUT2D eigenvalue weighted by molar-refractivity contribution is -0.396. The molecule has 11 nitrogen and oxygen atoms in total. The maximum Gasteiger partial charge on any atom is 0.460 e. The van der Waals surface area contributed by atoms with Gasteiger partial charge in [-0.3, -0.25) is 19.2 Å². The van der Waals surface area contributed by atoms with Gasteiger partial charge in [-0.2, -0.15) is 39.5 Å². The molecular weight excluding hydrogens is 671 g/mol. The monoisotopic (exact) mass is 700 g/mol. The maximum atomic E-state index is 13.7. The summed E-state index contributed by atoms with van der Waals surface area (Å²) in [7, 11) is 0. The van der Waals surface area contributed by atoms with Crippen LogP contribution < -0.4 is 9.47 Å². The predicted octanol–water partition coefficient (Wildman–Crippen LogP) is 4.78. The lowest BCUT2D eigenvalue weighted by Crippen LogP contribution is -2.63. The number of rotatable bonds is 14. The van der Waals surface area contributed by atoms with Gasteiger partial charge in [-0.1, -0.05) is 0 Å². The molecule has 1 aromatic carbocycles. The van der Waals surface area contributed by atoms with Crippen molar-refractivity contribution in [2.75, 3.05) is 13.2 Å². The first-order valence-corrected chi connectivity index (χ1v) is 13.4. The number of esters is 4. The standard InChI is InChI=1S/C27H29F9O11/c1-13(37)42-12-19-20(43-14(2)38)21(44-15(3)39)22(45-16(4)40)23(47-19)46-18-8-6-17(7-9-18)41-11-5-10-24(28,29)25(30,31)26(32,33)27(34,35)36/h6-9,19-23H,5,10-12H2,1-4H3/t19-,20-,21+,22+,23+/m1/s1. The molecule has 1 saturated heterocycles. The smallest absolute Gasteiger partial charge is 0.460 e. The van der Waals surface area contributed by atoms with E-state index >= 15 is 0 Å². The molecule has 0 spiro atoms. The first-order valence-electron chi connectivity index (χ1n) is 13.4. The summed E-state index contributed by atoms with van der Waals surface area (Å²) in [4.78, 5) is 47.0. The minimum absolute atomic E-state index is 0.0705. The second-order valence-corrected chi connectivity index (χ2v) is 9.96. The fourth-order valence-electron chi connectivity index (χ4n) is 4.08. The van der Waals surface area contributed by atoms with Crippen molar-refractivity contribution in [3.63, 3.8) is 0 Å². The highest BCUT2D eigenvalue weighted by Crippen LogP contribution is 2.54. The Hall–Kier alpha value is -3.97. The molecule has 0 unspecified atom stereocenters. The lowest BCUT2D eigenvalue weighted by Gasteiger charge is -2.43. The van der Waals surface area contributed by atoms with Crippen LogP contribution in [-0.2, 0) is 42.9 Å². The van der Waals surface area contributed by atoms with Crippen molar-refractivity contribution in [3.8, 4) is 11.5 Å². The SMILES string of the molecule is CC(=O)OC[C@H]1O[C@H](Oc2ccc(OCCCC(F)(F)C(F)(F)C(F)(F)C(F)(F)F)cc2)[C@@H](OC(C)=O)[C@@H](OC(C)=O)[C@@H]1OC(C)=O. The molecule has 0 amide bonds. The van der Waals surface area contributed by atoms with Gasteiger partial charge in [0.25, 0.3) is 0 Å². The van der Waals surface area contributed by atoms with Crippen LogP contribution in [0.1, 0.15) is 40.5 Å². The number of carbonyl (C=O) groups is 4. The Labute approximate surface area is 260 Å². The van der Waals surface area contributed by atoms with Gasteiger partial charge in [0.15, 0.2) is 12.2 Å². The molecule has 1 heterocycles. The van der Waals surface area contributed by atoms with E-state index in [0.29, 0.717) is 0 Å². The highest BCUT2D eigenvalue weighted by Gasteiger charge is 2.81. The quantitative estimate of drug-likeness (QED) is 0.115. The van der Waals surface area contributed by atoms with Crippen LogP contribution in [0, 0.1) is 0 Å². The van der Waals surface area contributed by atoms with Gasteiger partial charge in [0.05, 0.1) is 6.61 Å². The predicted molar refractivity (Wildman–Crippen MR) is 135 cm³/mol. The average Bonchev–Trinajstić information content (AvgIpc) is 2.92. The summed E-state index contributed by atoms with van der Waals surface area (Å²) in [6.07, 6.45) is -17.6. The third-order valence-electron chi connectivity index (χ3n) is 6.14. The Morgan fingerprint density at radius 2 is 1.17 bits per heavy atom. The largest absolute Gasteiger partial charge is 0.494 e. The van der Waals surface area contributed by atoms with Gasteiger partial charge < -0.3 is 33.2 Å². The van der Waals surface area contributed by atoms with Crippen molar-refractivity contribution in [1.29, 1.82) is 0 Å². The fourth-order valence-corrected chi connectivity index (χ4v) is 4.08. The topological polar surface area (TPSA) is 133 Å². The summed E-state index contributed by atoms with van der Waals surface area (Å²) >= 11 is 0. The van der Waals surface area contributed by atoms with Crippen molar-refractivity contribution >= 4 is 23.9 Å². The first kappa shape index (κ1) is 39.2. The summed E-state index contributed by atoms with van der Waals surface area (Å²) in [5.74, 6) is -23.1. The van der Waals surface area contributed by atoms with E-state index in [9.17, 15) is 58.7 Å². The molecular formula is C27H29F9O11. The Morgan fingerprint density at radius 3 is 1.66 bits per heavy atom. The normalized spacial score (nSPS) is 22.1. The maximum absolute atomic E-state index is 13.7. The Balaban J connectivity index is 2.18. The van der Waals surface area contributed by atoms with Crippen LogP contribution in [-0.4, -0.2) is 91.7 Å². The number of benzene rings is 1. The molecule has 20 heteroatoms. The molecule has 1 aliphatic heterocycles. The van der Waals surface area contributed by atoms with Crippen molar-refractivity contribution in [3.05, 3.63) is 24.3 Å². The average molecular weight is 700 g/mol. The van der Waals surface area contributed by atoms with Crippen LogP contribution in [0.4, 0.5) is 39.5 Å². The van der Waals surface area contributed by atoms with E-state index in [1.807, 2.05) is 0 Å². The molecule has 0 aliphatic carbocycles. The zero-order chi connectivity index (χ0) is 36.0. The van der Waals surface area contributed by atoms with E-state index in [1.54, 1.807) is 0 Å². The van der Waals surface area contributed by atoms with Crippen molar-refractivity contribution in [2.24, 2.45) is 0 Å². The third-order valence-corrected chi connectivity index (χ3v) is 6.14. The highest BCUT2D eigenvalue weighted by molar-refractivity contribution is 5.68. The van der Waals surface area contributed by atoms with E-state index in [0.717, 1.165) is 39.8 Å². The van der Waals surface area contributed by atoms with Crippen LogP contribution in [0.5, 0.6) is 11.5 Å². The minimum Gasteiger partial charge on any atom is -0.494 e. The number of hydrogen-bond donors (Lipinski definition) is 0. The number of ether oxygens (including phenoxy) is 7. The highest BCUT2D eigenvalue weighted by atomic mass is 19.4.